The molecule has 4 saturated carbocycles. The highest BCUT2D eigenvalue weighted by Crippen LogP contribution is 2.61. The molecular weight excluding hydrogens is 833 g/mol. The Bertz CT molecular complexity index is 3220. The molecule has 14 rings (SSSR count). The quantitative estimate of drug-likeness (QED) is 0.135. The van der Waals surface area contributed by atoms with Crippen molar-refractivity contribution < 1.29 is 0 Å². The van der Waals surface area contributed by atoms with Gasteiger partial charge in [-0.2, -0.15) is 0 Å². The van der Waals surface area contributed by atoms with Crippen LogP contribution in [0.15, 0.2) is 224 Å². The van der Waals surface area contributed by atoms with E-state index in [1.807, 2.05) is 0 Å². The molecule has 0 saturated heterocycles. The molecule has 9 aromatic rings. The second-order valence-corrected chi connectivity index (χ2v) is 21.2. The number of para-hydroxylation sites is 2. The van der Waals surface area contributed by atoms with Gasteiger partial charge in [-0.05, 0) is 202 Å². The fourth-order valence-corrected chi connectivity index (χ4v) is 13.6. The normalized spacial score (nSPS) is 20.3. The zero-order chi connectivity index (χ0) is 46.1. The number of benzene rings is 9. The molecule has 0 atom stereocenters. The van der Waals surface area contributed by atoms with Gasteiger partial charge in [-0.1, -0.05) is 159 Å². The van der Waals surface area contributed by atoms with Crippen LogP contribution in [0.3, 0.4) is 0 Å². The number of hydrogen-bond donors (Lipinski definition) is 0. The first-order chi connectivity index (χ1) is 33.8. The van der Waals surface area contributed by atoms with Gasteiger partial charge in [0.2, 0.25) is 0 Å². The lowest BCUT2D eigenvalue weighted by atomic mass is 9.48. The lowest BCUT2D eigenvalue weighted by Gasteiger charge is -2.57. The molecule has 0 aliphatic heterocycles. The van der Waals surface area contributed by atoms with E-state index in [1.54, 1.807) is 5.56 Å². The van der Waals surface area contributed by atoms with Crippen molar-refractivity contribution in [3.05, 3.63) is 241 Å². The highest BCUT2D eigenvalue weighted by molar-refractivity contribution is 5.86. The van der Waals surface area contributed by atoms with Crippen LogP contribution in [0.5, 0.6) is 0 Å². The molecule has 0 amide bonds. The van der Waals surface area contributed by atoms with Gasteiger partial charge >= 0.3 is 0 Å². The van der Waals surface area contributed by atoms with Crippen LogP contribution in [0.25, 0.3) is 44.5 Å². The lowest BCUT2D eigenvalue weighted by Crippen LogP contribution is -2.48. The van der Waals surface area contributed by atoms with Crippen LogP contribution >= 0.6 is 0 Å². The molecule has 0 unspecified atom stereocenters. The third kappa shape index (κ3) is 7.40. The number of hydrogen-bond acceptors (Lipinski definition) is 2. The SMILES string of the molecule is CC1(C)c2ccccc2-c2ccc(N(c3ccc(-c4cccc(-c5ccc(-c6ccc(N(c7ccccc7)c7ccccc7)cc6)cc5)c4)cc3)c3ccc(C45CC6CC(CC(C6)C4)C5)cc3)cc21. The zero-order valence-corrected chi connectivity index (χ0v) is 39.7. The summed E-state index contributed by atoms with van der Waals surface area (Å²) in [6, 6.07) is 83.3. The van der Waals surface area contributed by atoms with Crippen LogP contribution in [-0.4, -0.2) is 0 Å². The number of fused-ring (bicyclic) bond motifs is 3. The maximum absolute atomic E-state index is 2.50. The molecule has 0 N–H and O–H groups in total. The molecule has 0 radical (unpaired) electrons. The smallest absolute Gasteiger partial charge is 0.0465 e. The fourth-order valence-electron chi connectivity index (χ4n) is 13.6. The van der Waals surface area contributed by atoms with Gasteiger partial charge in [-0.25, -0.2) is 0 Å². The zero-order valence-electron chi connectivity index (χ0n) is 39.7. The number of nitrogens with zero attached hydrogens (tertiary/aromatic N) is 2. The number of anilines is 6. The highest BCUT2D eigenvalue weighted by atomic mass is 15.1. The lowest BCUT2D eigenvalue weighted by molar-refractivity contribution is -0.00518. The summed E-state index contributed by atoms with van der Waals surface area (Å²) in [5.41, 5.74) is 21.6. The predicted octanol–water partition coefficient (Wildman–Crippen LogP) is 18.4. The van der Waals surface area contributed by atoms with E-state index in [9.17, 15) is 0 Å². The second kappa shape index (κ2) is 16.7. The van der Waals surface area contributed by atoms with Crippen LogP contribution in [0, 0.1) is 17.8 Å². The van der Waals surface area contributed by atoms with E-state index in [0.29, 0.717) is 5.41 Å². The first-order valence-corrected chi connectivity index (χ1v) is 25.3. The Morgan fingerprint density at radius 2 is 0.710 bits per heavy atom. The highest BCUT2D eigenvalue weighted by Gasteiger charge is 2.51. The monoisotopic (exact) mass is 890 g/mol. The van der Waals surface area contributed by atoms with Crippen molar-refractivity contribution in [3.63, 3.8) is 0 Å². The summed E-state index contributed by atoms with van der Waals surface area (Å²) in [4.78, 5) is 4.79. The standard InChI is InChI=1S/C67H58N2/c1-66(2)64-19-10-9-18-62(64)63-37-36-61(42-65(63)66)69(60-34-28-55(29-35-60)67-43-46-38-47(44-67)40-48(39-46)45-67)59-32-26-52(27-33-59)54-13-11-12-53(41-54)51-22-20-49(21-23-51)50-24-30-58(31-25-50)68(56-14-5-3-6-15-56)57-16-7-4-8-17-57/h3-37,41-42,46-48H,38-40,43-45H2,1-2H3. The molecule has 9 aromatic carbocycles. The Kier molecular flexibility index (Phi) is 10.1. The summed E-state index contributed by atoms with van der Waals surface area (Å²) in [6.45, 7) is 4.77. The Balaban J connectivity index is 0.785. The summed E-state index contributed by atoms with van der Waals surface area (Å²) >= 11 is 0. The first-order valence-electron chi connectivity index (χ1n) is 25.3. The van der Waals surface area contributed by atoms with Gasteiger partial charge in [-0.3, -0.25) is 0 Å². The van der Waals surface area contributed by atoms with Gasteiger partial charge in [0.1, 0.15) is 0 Å². The molecule has 5 aliphatic carbocycles. The molecule has 5 aliphatic rings. The van der Waals surface area contributed by atoms with Crippen molar-refractivity contribution in [1.29, 1.82) is 0 Å². The largest absolute Gasteiger partial charge is 0.311 e. The van der Waals surface area contributed by atoms with E-state index in [0.717, 1.165) is 34.8 Å². The Labute approximate surface area is 408 Å². The van der Waals surface area contributed by atoms with Crippen molar-refractivity contribution in [2.24, 2.45) is 17.8 Å². The summed E-state index contributed by atoms with van der Waals surface area (Å²) < 4.78 is 0. The van der Waals surface area contributed by atoms with Gasteiger partial charge < -0.3 is 9.80 Å². The third-order valence-electron chi connectivity index (χ3n) is 16.6. The third-order valence-corrected chi connectivity index (χ3v) is 16.6. The van der Waals surface area contributed by atoms with Gasteiger partial charge in [0, 0.05) is 39.5 Å². The van der Waals surface area contributed by atoms with E-state index in [2.05, 4.69) is 248 Å². The second-order valence-electron chi connectivity index (χ2n) is 21.2. The van der Waals surface area contributed by atoms with Crippen molar-refractivity contribution in [2.45, 2.75) is 63.2 Å². The van der Waals surface area contributed by atoms with E-state index in [4.69, 9.17) is 0 Å². The van der Waals surface area contributed by atoms with Crippen molar-refractivity contribution in [1.82, 2.24) is 0 Å². The van der Waals surface area contributed by atoms with Gasteiger partial charge in [-0.15, -0.1) is 0 Å². The first kappa shape index (κ1) is 41.7. The van der Waals surface area contributed by atoms with Gasteiger partial charge in [0.25, 0.3) is 0 Å². The fraction of sp³-hybridized carbons (Fsp3) is 0.194. The molecule has 2 nitrogen and oxygen atoms in total. The maximum Gasteiger partial charge on any atom is 0.0465 e. The molecule has 4 fully saturated rings. The van der Waals surface area contributed by atoms with E-state index >= 15 is 0 Å². The van der Waals surface area contributed by atoms with Crippen molar-refractivity contribution >= 4 is 34.1 Å². The Morgan fingerprint density at radius 3 is 1.23 bits per heavy atom. The molecular formula is C67H58N2. The average molecular weight is 891 g/mol. The van der Waals surface area contributed by atoms with Crippen molar-refractivity contribution in [2.75, 3.05) is 9.80 Å². The number of rotatable bonds is 10. The van der Waals surface area contributed by atoms with E-state index in [1.165, 1.54) is 111 Å². The van der Waals surface area contributed by atoms with Crippen molar-refractivity contribution in [3.8, 4) is 44.5 Å². The molecule has 0 heterocycles. The maximum atomic E-state index is 2.50. The van der Waals surface area contributed by atoms with Crippen LogP contribution in [0.1, 0.15) is 69.1 Å². The van der Waals surface area contributed by atoms with E-state index in [-0.39, 0.29) is 5.41 Å². The molecule has 0 aromatic heterocycles. The minimum Gasteiger partial charge on any atom is -0.311 e. The summed E-state index contributed by atoms with van der Waals surface area (Å²) in [7, 11) is 0. The predicted molar refractivity (Wildman–Crippen MR) is 290 cm³/mol. The molecule has 0 spiro atoms. The van der Waals surface area contributed by atoms with Crippen LogP contribution < -0.4 is 9.80 Å². The van der Waals surface area contributed by atoms with E-state index < -0.39 is 0 Å². The van der Waals surface area contributed by atoms with Crippen LogP contribution in [0.4, 0.5) is 34.1 Å². The summed E-state index contributed by atoms with van der Waals surface area (Å²) in [6.07, 6.45) is 8.57. The van der Waals surface area contributed by atoms with Gasteiger partial charge in [0.05, 0.1) is 0 Å². The van der Waals surface area contributed by atoms with Gasteiger partial charge in [0.15, 0.2) is 0 Å². The molecule has 336 valence electrons. The average Bonchev–Trinajstić information content (AvgIpc) is 3.62. The van der Waals surface area contributed by atoms with Crippen LogP contribution in [-0.2, 0) is 10.8 Å². The molecule has 4 bridgehead atoms. The molecule has 2 heteroatoms. The topological polar surface area (TPSA) is 6.48 Å². The minimum absolute atomic E-state index is 0.0787. The van der Waals surface area contributed by atoms with Crippen LogP contribution in [0.2, 0.25) is 0 Å². The summed E-state index contributed by atoms with van der Waals surface area (Å²) in [5.74, 6) is 2.79. The minimum atomic E-state index is -0.0787. The molecule has 69 heavy (non-hydrogen) atoms. The summed E-state index contributed by atoms with van der Waals surface area (Å²) in [5, 5.41) is 0. The Morgan fingerprint density at radius 1 is 0.319 bits per heavy atom. The Hall–Kier alpha value is -7.42.